The summed E-state index contributed by atoms with van der Waals surface area (Å²) in [6, 6.07) is 0. The first-order valence-corrected chi connectivity index (χ1v) is 3.39. The van der Waals surface area contributed by atoms with E-state index in [1.807, 2.05) is 40.7 Å². The van der Waals surface area contributed by atoms with Crippen LogP contribution in [-0.4, -0.2) is 5.71 Å². The highest BCUT2D eigenvalue weighted by Crippen LogP contribution is 1.75. The third-order valence-electron chi connectivity index (χ3n) is 0.482. The number of rotatable bonds is 1. The van der Waals surface area contributed by atoms with Crippen LogP contribution in [0.4, 0.5) is 0 Å². The van der Waals surface area contributed by atoms with E-state index < -0.39 is 0 Å². The van der Waals surface area contributed by atoms with E-state index >= 15 is 0 Å². The van der Waals surface area contributed by atoms with Gasteiger partial charge in [-0.15, -0.1) is 0 Å². The van der Waals surface area contributed by atoms with Gasteiger partial charge in [-0.3, -0.25) is 4.99 Å². The average molecular weight is 127 g/mol. The van der Waals surface area contributed by atoms with Crippen molar-refractivity contribution in [2.24, 2.45) is 4.99 Å². The van der Waals surface area contributed by atoms with Crippen molar-refractivity contribution in [3.63, 3.8) is 0 Å². The smallest absolute Gasteiger partial charge is 0.0224 e. The van der Waals surface area contributed by atoms with Crippen LogP contribution in [0.2, 0.25) is 0 Å². The lowest BCUT2D eigenvalue weighted by atomic mass is 10.5. The highest BCUT2D eigenvalue weighted by atomic mass is 14.7. The van der Waals surface area contributed by atoms with Gasteiger partial charge in [-0.2, -0.15) is 0 Å². The highest BCUT2D eigenvalue weighted by Gasteiger charge is 1.66. The van der Waals surface area contributed by atoms with Crippen LogP contribution in [0.1, 0.15) is 34.6 Å². The molecule has 0 aliphatic rings. The molecule has 0 unspecified atom stereocenters. The monoisotopic (exact) mass is 127 g/mol. The molecule has 0 radical (unpaired) electrons. The Morgan fingerprint density at radius 2 is 1.67 bits per heavy atom. The third kappa shape index (κ3) is 18.7. The first-order chi connectivity index (χ1) is 4.27. The van der Waals surface area contributed by atoms with Gasteiger partial charge in [-0.05, 0) is 20.8 Å². The first-order valence-electron chi connectivity index (χ1n) is 3.39. The van der Waals surface area contributed by atoms with Crippen molar-refractivity contribution in [2.75, 3.05) is 0 Å². The minimum absolute atomic E-state index is 1.10. The van der Waals surface area contributed by atoms with Gasteiger partial charge in [0, 0.05) is 11.9 Å². The Balaban J connectivity index is 0. The molecule has 0 spiro atoms. The molecule has 0 rings (SSSR count). The molecule has 0 saturated heterocycles. The van der Waals surface area contributed by atoms with Gasteiger partial charge in [0.25, 0.3) is 0 Å². The quantitative estimate of drug-likeness (QED) is 0.480. The van der Waals surface area contributed by atoms with Gasteiger partial charge in [-0.25, -0.2) is 0 Å². The lowest BCUT2D eigenvalue weighted by Crippen LogP contribution is -1.74. The van der Waals surface area contributed by atoms with E-state index in [-0.39, 0.29) is 0 Å². The Labute approximate surface area is 58.5 Å². The predicted molar refractivity (Wildman–Crippen MR) is 44.9 cm³/mol. The summed E-state index contributed by atoms with van der Waals surface area (Å²) in [5.41, 5.74) is 1.10. The van der Waals surface area contributed by atoms with Gasteiger partial charge in [0.15, 0.2) is 0 Å². The molecule has 0 atom stereocenters. The van der Waals surface area contributed by atoms with Crippen LogP contribution in [0.3, 0.4) is 0 Å². The van der Waals surface area contributed by atoms with E-state index in [1.165, 1.54) is 0 Å². The molecule has 0 aromatic heterocycles. The van der Waals surface area contributed by atoms with E-state index in [9.17, 15) is 0 Å². The molecular weight excluding hydrogens is 110 g/mol. The topological polar surface area (TPSA) is 12.4 Å². The van der Waals surface area contributed by atoms with Crippen molar-refractivity contribution >= 4 is 5.71 Å². The van der Waals surface area contributed by atoms with Crippen molar-refractivity contribution in [1.82, 2.24) is 0 Å². The molecule has 54 valence electrons. The zero-order chi connectivity index (χ0) is 7.70. The maximum absolute atomic E-state index is 3.98. The van der Waals surface area contributed by atoms with Gasteiger partial charge in [0.1, 0.15) is 0 Å². The normalized spacial score (nSPS) is 8.11. The average Bonchev–Trinajstić information content (AvgIpc) is 1.88. The van der Waals surface area contributed by atoms with E-state index in [0.717, 1.165) is 5.71 Å². The molecule has 0 bridgehead atoms. The third-order valence-corrected chi connectivity index (χ3v) is 0.482. The van der Waals surface area contributed by atoms with Crippen LogP contribution in [0.25, 0.3) is 0 Å². The Morgan fingerprint density at radius 3 is 1.78 bits per heavy atom. The number of nitrogens with zero attached hydrogens (tertiary/aromatic N) is 1. The fraction of sp³-hybridized carbons (Fsp3) is 0.625. The van der Waals surface area contributed by atoms with Gasteiger partial charge in [-0.1, -0.05) is 19.9 Å². The second-order valence-electron chi connectivity index (χ2n) is 1.56. The maximum atomic E-state index is 3.98. The summed E-state index contributed by atoms with van der Waals surface area (Å²) in [5, 5.41) is 0. The number of hydrogen-bond acceptors (Lipinski definition) is 1. The molecule has 0 heterocycles. The summed E-state index contributed by atoms with van der Waals surface area (Å²) >= 11 is 0. The fourth-order valence-electron chi connectivity index (χ4n) is 0.224. The Hall–Kier alpha value is -0.590. The van der Waals surface area contributed by atoms with Crippen LogP contribution in [-0.2, 0) is 0 Å². The zero-order valence-electron chi connectivity index (χ0n) is 7.10. The van der Waals surface area contributed by atoms with E-state index in [2.05, 4.69) is 4.99 Å². The van der Waals surface area contributed by atoms with Gasteiger partial charge < -0.3 is 0 Å². The molecule has 0 fully saturated rings. The first kappa shape index (κ1) is 11.2. The number of allylic oxidation sites excluding steroid dienone is 1. The predicted octanol–water partition coefficient (Wildman–Crippen LogP) is 3.03. The SMILES string of the molecule is C/C=C\N=C(C)C.CC. The van der Waals surface area contributed by atoms with E-state index in [1.54, 1.807) is 6.20 Å². The second-order valence-corrected chi connectivity index (χ2v) is 1.56. The Kier molecular flexibility index (Phi) is 13.0. The molecule has 0 aliphatic heterocycles. The van der Waals surface area contributed by atoms with Crippen LogP contribution >= 0.6 is 0 Å². The van der Waals surface area contributed by atoms with Crippen molar-refractivity contribution < 1.29 is 0 Å². The molecular formula is C8H17N. The van der Waals surface area contributed by atoms with Crippen molar-refractivity contribution in [1.29, 1.82) is 0 Å². The van der Waals surface area contributed by atoms with E-state index in [4.69, 9.17) is 0 Å². The largest absolute Gasteiger partial charge is 0.267 e. The molecule has 0 aromatic carbocycles. The van der Waals surface area contributed by atoms with Crippen LogP contribution in [0.15, 0.2) is 17.3 Å². The minimum Gasteiger partial charge on any atom is -0.267 e. The Morgan fingerprint density at radius 1 is 1.22 bits per heavy atom. The van der Waals surface area contributed by atoms with E-state index in [0.29, 0.717) is 0 Å². The van der Waals surface area contributed by atoms with Crippen molar-refractivity contribution in [3.8, 4) is 0 Å². The Bertz CT molecular complexity index is 86.7. The van der Waals surface area contributed by atoms with Crippen LogP contribution in [0.5, 0.6) is 0 Å². The minimum atomic E-state index is 1.10. The van der Waals surface area contributed by atoms with Crippen LogP contribution < -0.4 is 0 Å². The molecule has 0 aliphatic carbocycles. The molecule has 1 nitrogen and oxygen atoms in total. The molecule has 0 saturated carbocycles. The molecule has 0 N–H and O–H groups in total. The summed E-state index contributed by atoms with van der Waals surface area (Å²) < 4.78 is 0. The zero-order valence-corrected chi connectivity index (χ0v) is 7.10. The highest BCUT2D eigenvalue weighted by molar-refractivity contribution is 5.79. The van der Waals surface area contributed by atoms with Crippen LogP contribution in [0, 0.1) is 0 Å². The summed E-state index contributed by atoms with van der Waals surface area (Å²) in [6.07, 6.45) is 3.70. The maximum Gasteiger partial charge on any atom is 0.0224 e. The molecule has 0 aromatic rings. The summed E-state index contributed by atoms with van der Waals surface area (Å²) in [6.45, 7) is 9.90. The summed E-state index contributed by atoms with van der Waals surface area (Å²) in [4.78, 5) is 3.98. The number of hydrogen-bond donors (Lipinski definition) is 0. The van der Waals surface area contributed by atoms with Crippen molar-refractivity contribution in [3.05, 3.63) is 12.3 Å². The second kappa shape index (κ2) is 10.4. The van der Waals surface area contributed by atoms with Crippen molar-refractivity contribution in [2.45, 2.75) is 34.6 Å². The molecule has 1 heteroatoms. The summed E-state index contributed by atoms with van der Waals surface area (Å²) in [7, 11) is 0. The number of aliphatic imine (C=N–C) groups is 1. The standard InChI is InChI=1S/C6H11N.C2H6/c1-4-5-7-6(2)3;1-2/h4-5H,1-3H3;1-2H3/b5-4-;. The lowest BCUT2D eigenvalue weighted by Gasteiger charge is -1.78. The molecule has 9 heavy (non-hydrogen) atoms. The lowest BCUT2D eigenvalue weighted by molar-refractivity contribution is 1.48. The fourth-order valence-corrected chi connectivity index (χ4v) is 0.224. The van der Waals surface area contributed by atoms with Gasteiger partial charge in [0.05, 0.1) is 0 Å². The van der Waals surface area contributed by atoms with Gasteiger partial charge in [0.2, 0.25) is 0 Å². The molecule has 0 amide bonds. The van der Waals surface area contributed by atoms with Gasteiger partial charge >= 0.3 is 0 Å². The summed E-state index contributed by atoms with van der Waals surface area (Å²) in [5.74, 6) is 0.